The molecule has 2 amide bonds. The topological polar surface area (TPSA) is 70.1 Å². The van der Waals surface area contributed by atoms with Crippen LogP contribution in [-0.4, -0.2) is 48.1 Å². The van der Waals surface area contributed by atoms with Gasteiger partial charge >= 0.3 is 0 Å². The Hall–Kier alpha value is -3.48. The lowest BCUT2D eigenvalue weighted by Gasteiger charge is -2.55. The number of aliphatic hydroxyl groups excluding tert-OH is 1. The van der Waals surface area contributed by atoms with Crippen molar-refractivity contribution in [2.75, 3.05) is 25.2 Å². The van der Waals surface area contributed by atoms with Gasteiger partial charge in [0, 0.05) is 37.6 Å². The average molecular weight is 539 g/mol. The molecule has 2 atom stereocenters. The Balaban J connectivity index is 1.61. The maximum atomic E-state index is 15.2. The van der Waals surface area contributed by atoms with Crippen LogP contribution in [0.15, 0.2) is 72.8 Å². The van der Waals surface area contributed by atoms with Crippen molar-refractivity contribution >= 4 is 17.5 Å². The maximum Gasteiger partial charge on any atom is 0.254 e. The van der Waals surface area contributed by atoms with Crippen LogP contribution in [0.2, 0.25) is 0 Å². The van der Waals surface area contributed by atoms with Crippen molar-refractivity contribution < 1.29 is 19.4 Å². The molecule has 6 rings (SSSR count). The van der Waals surface area contributed by atoms with Gasteiger partial charge in [-0.3, -0.25) is 9.59 Å². The SMILES string of the molecule is COCCCN1C(=O)[C@@]2(Cc3ccccc31)c1ccccc1C(=O)N(C1CCCCC1)C2c1ccc(CO)cc1. The number of ether oxygens (including phenoxy) is 1. The summed E-state index contributed by atoms with van der Waals surface area (Å²) in [4.78, 5) is 33.6. The first-order valence-electron chi connectivity index (χ1n) is 14.6. The van der Waals surface area contributed by atoms with Gasteiger partial charge in [0.1, 0.15) is 5.41 Å². The molecule has 1 fully saturated rings. The smallest absolute Gasteiger partial charge is 0.254 e. The largest absolute Gasteiger partial charge is 0.392 e. The van der Waals surface area contributed by atoms with Crippen molar-refractivity contribution in [2.45, 2.75) is 69.1 Å². The summed E-state index contributed by atoms with van der Waals surface area (Å²) in [5.74, 6) is 0.0567. The van der Waals surface area contributed by atoms with E-state index in [1.165, 1.54) is 6.42 Å². The first-order valence-corrected chi connectivity index (χ1v) is 14.6. The van der Waals surface area contributed by atoms with Gasteiger partial charge in [0.25, 0.3) is 5.91 Å². The van der Waals surface area contributed by atoms with Crippen LogP contribution < -0.4 is 4.90 Å². The van der Waals surface area contributed by atoms with Gasteiger partial charge in [0.15, 0.2) is 0 Å². The Labute approximate surface area is 236 Å². The Morgan fingerprint density at radius 2 is 1.65 bits per heavy atom. The highest BCUT2D eigenvalue weighted by Gasteiger charge is 2.60. The van der Waals surface area contributed by atoms with E-state index in [1.807, 2.05) is 71.6 Å². The molecule has 208 valence electrons. The number of carbonyl (C=O) groups is 2. The molecule has 40 heavy (non-hydrogen) atoms. The van der Waals surface area contributed by atoms with E-state index in [2.05, 4.69) is 11.0 Å². The van der Waals surface area contributed by atoms with Crippen molar-refractivity contribution in [3.8, 4) is 0 Å². The third kappa shape index (κ3) is 4.34. The lowest BCUT2D eigenvalue weighted by molar-refractivity contribution is -0.128. The number of amides is 2. The highest BCUT2D eigenvalue weighted by molar-refractivity contribution is 6.10. The average Bonchev–Trinajstić information content (AvgIpc) is 3.01. The van der Waals surface area contributed by atoms with Crippen LogP contribution in [0, 0.1) is 0 Å². The molecule has 1 aliphatic carbocycles. The Morgan fingerprint density at radius 1 is 0.925 bits per heavy atom. The fourth-order valence-electron chi connectivity index (χ4n) is 7.35. The standard InChI is InChI=1S/C34H38N2O4/c1-40-21-9-20-35-30-15-8-5-10-26(30)22-34(33(35)39)29-14-7-6-13-28(29)32(38)36(27-11-3-2-4-12-27)31(34)25-18-16-24(23-37)17-19-25/h5-8,10,13-19,27,31,37H,2-4,9,11-12,20-23H2,1H3/t31?,34-/m0/s1. The monoisotopic (exact) mass is 538 g/mol. The Kier molecular flexibility index (Phi) is 7.47. The number of rotatable bonds is 7. The van der Waals surface area contributed by atoms with Crippen LogP contribution in [0.1, 0.15) is 77.2 Å². The van der Waals surface area contributed by atoms with Crippen molar-refractivity contribution in [2.24, 2.45) is 0 Å². The molecule has 1 spiro atoms. The molecule has 0 saturated heterocycles. The molecule has 1 N–H and O–H groups in total. The first kappa shape index (κ1) is 26.7. The first-order chi connectivity index (χ1) is 19.6. The number of hydrogen-bond donors (Lipinski definition) is 1. The second kappa shape index (κ2) is 11.2. The predicted molar refractivity (Wildman–Crippen MR) is 155 cm³/mol. The van der Waals surface area contributed by atoms with Gasteiger partial charge in [-0.1, -0.05) is 79.9 Å². The molecule has 1 unspecified atom stereocenters. The lowest BCUT2D eigenvalue weighted by Crippen LogP contribution is -2.64. The van der Waals surface area contributed by atoms with Crippen molar-refractivity contribution in [1.29, 1.82) is 0 Å². The van der Waals surface area contributed by atoms with Crippen LogP contribution in [-0.2, 0) is 28.0 Å². The van der Waals surface area contributed by atoms with E-state index in [0.717, 1.165) is 60.0 Å². The minimum Gasteiger partial charge on any atom is -0.392 e. The number of benzene rings is 3. The number of aliphatic hydroxyl groups is 1. The van der Waals surface area contributed by atoms with E-state index in [4.69, 9.17) is 4.74 Å². The number of hydrogen-bond acceptors (Lipinski definition) is 4. The molecule has 2 heterocycles. The number of para-hydroxylation sites is 1. The molecular weight excluding hydrogens is 500 g/mol. The van der Waals surface area contributed by atoms with Crippen LogP contribution in [0.25, 0.3) is 0 Å². The molecule has 1 saturated carbocycles. The van der Waals surface area contributed by atoms with Crippen LogP contribution in [0.4, 0.5) is 5.69 Å². The number of methoxy groups -OCH3 is 1. The second-order valence-electron chi connectivity index (χ2n) is 11.4. The van der Waals surface area contributed by atoms with E-state index in [9.17, 15) is 9.90 Å². The number of nitrogens with zero attached hydrogens (tertiary/aromatic N) is 2. The summed E-state index contributed by atoms with van der Waals surface area (Å²) in [6.45, 7) is 1.05. The number of anilines is 1. The van der Waals surface area contributed by atoms with E-state index in [-0.39, 0.29) is 24.5 Å². The van der Waals surface area contributed by atoms with E-state index >= 15 is 4.79 Å². The summed E-state index contributed by atoms with van der Waals surface area (Å²) in [5.41, 5.74) is 4.29. The van der Waals surface area contributed by atoms with Crippen molar-refractivity contribution in [3.63, 3.8) is 0 Å². The van der Waals surface area contributed by atoms with Gasteiger partial charge in [0.2, 0.25) is 5.91 Å². The van der Waals surface area contributed by atoms with Crippen LogP contribution in [0.3, 0.4) is 0 Å². The summed E-state index contributed by atoms with van der Waals surface area (Å²) < 4.78 is 5.36. The summed E-state index contributed by atoms with van der Waals surface area (Å²) in [5, 5.41) is 9.76. The van der Waals surface area contributed by atoms with E-state index < -0.39 is 11.5 Å². The molecule has 3 aliphatic rings. The van der Waals surface area contributed by atoms with Gasteiger partial charge in [-0.25, -0.2) is 0 Å². The van der Waals surface area contributed by atoms with Gasteiger partial charge in [0.05, 0.1) is 12.6 Å². The van der Waals surface area contributed by atoms with Gasteiger partial charge in [-0.2, -0.15) is 0 Å². The van der Waals surface area contributed by atoms with Gasteiger partial charge in [-0.15, -0.1) is 0 Å². The summed E-state index contributed by atoms with van der Waals surface area (Å²) in [7, 11) is 1.69. The number of fused-ring (bicyclic) bond motifs is 3. The van der Waals surface area contributed by atoms with Crippen LogP contribution in [0.5, 0.6) is 0 Å². The van der Waals surface area contributed by atoms with E-state index in [1.54, 1.807) is 7.11 Å². The van der Waals surface area contributed by atoms with Crippen LogP contribution >= 0.6 is 0 Å². The minimum absolute atomic E-state index is 0.0157. The molecule has 0 aromatic heterocycles. The third-order valence-electron chi connectivity index (χ3n) is 9.17. The summed E-state index contributed by atoms with van der Waals surface area (Å²) >= 11 is 0. The zero-order valence-electron chi connectivity index (χ0n) is 23.2. The molecule has 0 radical (unpaired) electrons. The van der Waals surface area contributed by atoms with Crippen molar-refractivity contribution in [1.82, 2.24) is 4.90 Å². The summed E-state index contributed by atoms with van der Waals surface area (Å²) in [6.07, 6.45) is 6.46. The Bertz CT molecular complexity index is 1380. The Morgan fingerprint density at radius 3 is 2.40 bits per heavy atom. The second-order valence-corrected chi connectivity index (χ2v) is 11.4. The predicted octanol–water partition coefficient (Wildman–Crippen LogP) is 5.57. The zero-order chi connectivity index (χ0) is 27.7. The fraction of sp³-hybridized carbons (Fsp3) is 0.412. The highest BCUT2D eigenvalue weighted by atomic mass is 16.5. The zero-order valence-corrected chi connectivity index (χ0v) is 23.2. The van der Waals surface area contributed by atoms with Crippen molar-refractivity contribution in [3.05, 3.63) is 101 Å². The highest BCUT2D eigenvalue weighted by Crippen LogP contribution is 2.55. The maximum absolute atomic E-state index is 15.2. The van der Waals surface area contributed by atoms with E-state index in [0.29, 0.717) is 25.1 Å². The lowest BCUT2D eigenvalue weighted by atomic mass is 9.61. The minimum atomic E-state index is -0.982. The molecule has 2 aliphatic heterocycles. The normalized spacial score (nSPS) is 22.9. The quantitative estimate of drug-likeness (QED) is 0.399. The fourth-order valence-corrected chi connectivity index (χ4v) is 7.35. The third-order valence-corrected chi connectivity index (χ3v) is 9.17. The molecule has 0 bridgehead atoms. The molecule has 6 nitrogen and oxygen atoms in total. The molecule has 6 heteroatoms. The number of carbonyl (C=O) groups excluding carboxylic acids is 2. The molecule has 3 aromatic rings. The van der Waals surface area contributed by atoms with Gasteiger partial charge in [-0.05, 0) is 60.1 Å². The summed E-state index contributed by atoms with van der Waals surface area (Å²) in [6, 6.07) is 23.5. The molecular formula is C34H38N2O4. The molecule has 3 aromatic carbocycles. The van der Waals surface area contributed by atoms with Gasteiger partial charge < -0.3 is 19.6 Å².